The Balaban J connectivity index is 1.34. The zero-order valence-corrected chi connectivity index (χ0v) is 17.1. The van der Waals surface area contributed by atoms with E-state index in [-0.39, 0.29) is 0 Å². The summed E-state index contributed by atoms with van der Waals surface area (Å²) in [4.78, 5) is 0. The third-order valence-corrected chi connectivity index (χ3v) is 5.36. The standard InChI is InChI=1S/C24H39N2/c1-26(2,23-24-17-11-12-18-24)22-16-10-8-6-4-3-5-7-9-13-19-25-20-14-15-21-25/h11-12,14-15,17,20-21H,3-10,13,16,19,22-23H2,1-2H3/q+1. The first kappa shape index (κ1) is 20.8. The molecule has 1 aromatic heterocycles. The molecule has 0 radical (unpaired) electrons. The Morgan fingerprint density at radius 3 is 1.96 bits per heavy atom. The second kappa shape index (κ2) is 12.0. The van der Waals surface area contributed by atoms with Crippen molar-refractivity contribution in [3.05, 3.63) is 54.1 Å². The second-order valence-corrected chi connectivity index (χ2v) is 8.47. The molecule has 1 aliphatic rings. The number of likely N-dealkylation sites (N-methyl/N-ethyl adjacent to an activating group) is 1. The predicted molar refractivity (Wildman–Crippen MR) is 113 cm³/mol. The molecule has 0 amide bonds. The molecule has 0 aliphatic heterocycles. The maximum atomic E-state index is 3.33. The number of hydrogen-bond donors (Lipinski definition) is 0. The van der Waals surface area contributed by atoms with Gasteiger partial charge < -0.3 is 9.05 Å². The van der Waals surface area contributed by atoms with Gasteiger partial charge >= 0.3 is 0 Å². The van der Waals surface area contributed by atoms with Crippen LogP contribution in [0.5, 0.6) is 0 Å². The number of unbranched alkanes of at least 4 members (excludes halogenated alkanes) is 9. The van der Waals surface area contributed by atoms with Gasteiger partial charge in [-0.25, -0.2) is 0 Å². The van der Waals surface area contributed by atoms with Gasteiger partial charge in [-0.05, 0) is 43.5 Å². The summed E-state index contributed by atoms with van der Waals surface area (Å²) in [5.41, 5.74) is 4.68. The highest BCUT2D eigenvalue weighted by Crippen LogP contribution is 2.14. The van der Waals surface area contributed by atoms with Crippen molar-refractivity contribution < 1.29 is 4.48 Å². The lowest BCUT2D eigenvalue weighted by Crippen LogP contribution is -2.41. The normalized spacial score (nSPS) is 13.5. The third-order valence-electron chi connectivity index (χ3n) is 5.36. The molecule has 2 rings (SSSR count). The summed E-state index contributed by atoms with van der Waals surface area (Å²) in [5, 5.41) is 0. The van der Waals surface area contributed by atoms with Crippen LogP contribution in [0.15, 0.2) is 54.1 Å². The minimum Gasteiger partial charge on any atom is -0.354 e. The van der Waals surface area contributed by atoms with Gasteiger partial charge in [-0.2, -0.15) is 0 Å². The largest absolute Gasteiger partial charge is 0.354 e. The van der Waals surface area contributed by atoms with Gasteiger partial charge in [-0.3, -0.25) is 0 Å². The molecule has 0 N–H and O–H groups in total. The van der Waals surface area contributed by atoms with Crippen LogP contribution in [0.1, 0.15) is 64.2 Å². The molecule has 144 valence electrons. The Hall–Kier alpha value is -1.50. The number of aromatic nitrogens is 1. The lowest BCUT2D eigenvalue weighted by molar-refractivity contribution is -0.885. The number of quaternary nitrogens is 1. The van der Waals surface area contributed by atoms with E-state index in [9.17, 15) is 0 Å². The zero-order valence-electron chi connectivity index (χ0n) is 17.1. The second-order valence-electron chi connectivity index (χ2n) is 8.47. The van der Waals surface area contributed by atoms with E-state index >= 15 is 0 Å². The van der Waals surface area contributed by atoms with Gasteiger partial charge in [-0.15, -0.1) is 5.73 Å². The van der Waals surface area contributed by atoms with Gasteiger partial charge in [0.2, 0.25) is 0 Å². The SMILES string of the molecule is C[N+](C)(CCCCCCCCCCCCn1cccc1)CC1=C=CC=C1. The van der Waals surface area contributed by atoms with E-state index in [1.165, 1.54) is 82.9 Å². The topological polar surface area (TPSA) is 4.93 Å². The molecule has 1 heterocycles. The van der Waals surface area contributed by atoms with Crippen molar-refractivity contribution >= 4 is 0 Å². The van der Waals surface area contributed by atoms with Crippen molar-refractivity contribution in [1.29, 1.82) is 0 Å². The quantitative estimate of drug-likeness (QED) is 0.203. The maximum Gasteiger partial charge on any atom is 0.111 e. The first-order valence-electron chi connectivity index (χ1n) is 10.7. The molecule has 0 bridgehead atoms. The molecule has 1 aliphatic carbocycles. The third kappa shape index (κ3) is 9.27. The van der Waals surface area contributed by atoms with Crippen LogP contribution in [0.2, 0.25) is 0 Å². The van der Waals surface area contributed by atoms with E-state index in [0.717, 1.165) is 11.0 Å². The van der Waals surface area contributed by atoms with Gasteiger partial charge in [0.25, 0.3) is 0 Å². The highest BCUT2D eigenvalue weighted by Gasteiger charge is 2.16. The van der Waals surface area contributed by atoms with Gasteiger partial charge in [0.15, 0.2) is 0 Å². The van der Waals surface area contributed by atoms with E-state index in [0.29, 0.717) is 0 Å². The summed E-state index contributed by atoms with van der Waals surface area (Å²) >= 11 is 0. The number of allylic oxidation sites excluding steroid dienone is 1. The van der Waals surface area contributed by atoms with Gasteiger partial charge in [0.1, 0.15) is 6.54 Å². The molecular weight excluding hydrogens is 316 g/mol. The fraction of sp³-hybridized carbons (Fsp3) is 0.625. The lowest BCUT2D eigenvalue weighted by atomic mass is 10.1. The minimum atomic E-state index is 1.09. The first-order chi connectivity index (χ1) is 12.7. The summed E-state index contributed by atoms with van der Waals surface area (Å²) in [6.45, 7) is 3.57. The molecule has 0 atom stereocenters. The van der Waals surface area contributed by atoms with E-state index in [1.807, 2.05) is 6.08 Å². The summed E-state index contributed by atoms with van der Waals surface area (Å²) in [7, 11) is 4.69. The smallest absolute Gasteiger partial charge is 0.111 e. The van der Waals surface area contributed by atoms with Crippen LogP contribution in [0.25, 0.3) is 0 Å². The Labute approximate surface area is 161 Å². The summed E-state index contributed by atoms with van der Waals surface area (Å²) in [6.07, 6.45) is 24.6. The molecule has 0 saturated heterocycles. The fourth-order valence-electron chi connectivity index (χ4n) is 3.77. The van der Waals surface area contributed by atoms with Crippen molar-refractivity contribution in [3.8, 4) is 0 Å². The van der Waals surface area contributed by atoms with Crippen molar-refractivity contribution in [2.75, 3.05) is 27.2 Å². The molecule has 0 unspecified atom stereocenters. The number of rotatable bonds is 15. The molecule has 0 fully saturated rings. The summed E-state index contributed by atoms with van der Waals surface area (Å²) in [6, 6.07) is 4.23. The Morgan fingerprint density at radius 2 is 1.38 bits per heavy atom. The number of hydrogen-bond acceptors (Lipinski definition) is 0. The molecular formula is C24H39N2+. The first-order valence-corrected chi connectivity index (χ1v) is 10.7. The van der Waals surface area contributed by atoms with E-state index in [2.05, 4.69) is 61.1 Å². The highest BCUT2D eigenvalue weighted by atomic mass is 15.3. The average molecular weight is 356 g/mol. The molecule has 0 saturated carbocycles. The molecule has 2 nitrogen and oxygen atoms in total. The zero-order chi connectivity index (χ0) is 18.5. The van der Waals surface area contributed by atoms with Crippen LogP contribution in [0.3, 0.4) is 0 Å². The molecule has 2 heteroatoms. The van der Waals surface area contributed by atoms with Gasteiger partial charge in [-0.1, -0.05) is 51.0 Å². The maximum absolute atomic E-state index is 3.33. The Kier molecular flexibility index (Phi) is 9.60. The van der Waals surface area contributed by atoms with Crippen LogP contribution in [0, 0.1) is 0 Å². The van der Waals surface area contributed by atoms with E-state index < -0.39 is 0 Å². The van der Waals surface area contributed by atoms with Crippen LogP contribution in [-0.2, 0) is 6.54 Å². The van der Waals surface area contributed by atoms with Crippen LogP contribution < -0.4 is 0 Å². The monoisotopic (exact) mass is 355 g/mol. The van der Waals surface area contributed by atoms with Crippen molar-refractivity contribution in [3.63, 3.8) is 0 Å². The predicted octanol–water partition coefficient (Wildman–Crippen LogP) is 6.12. The average Bonchev–Trinajstić information content (AvgIpc) is 3.29. The molecule has 0 spiro atoms. The minimum absolute atomic E-state index is 1.09. The van der Waals surface area contributed by atoms with Gasteiger partial charge in [0.05, 0.1) is 20.6 Å². The van der Waals surface area contributed by atoms with E-state index in [1.54, 1.807) is 0 Å². The number of nitrogens with zero attached hydrogens (tertiary/aromatic N) is 2. The van der Waals surface area contributed by atoms with Crippen LogP contribution in [0.4, 0.5) is 0 Å². The lowest BCUT2D eigenvalue weighted by Gasteiger charge is -2.29. The van der Waals surface area contributed by atoms with E-state index in [4.69, 9.17) is 0 Å². The van der Waals surface area contributed by atoms with Crippen LogP contribution in [-0.4, -0.2) is 36.2 Å². The van der Waals surface area contributed by atoms with Crippen molar-refractivity contribution in [2.45, 2.75) is 70.8 Å². The molecule has 1 aromatic rings. The van der Waals surface area contributed by atoms with Gasteiger partial charge in [0, 0.05) is 24.5 Å². The Morgan fingerprint density at radius 1 is 0.808 bits per heavy atom. The van der Waals surface area contributed by atoms with Crippen LogP contribution >= 0.6 is 0 Å². The highest BCUT2D eigenvalue weighted by molar-refractivity contribution is 5.29. The van der Waals surface area contributed by atoms with Crippen molar-refractivity contribution in [2.24, 2.45) is 0 Å². The molecule has 0 aromatic carbocycles. The summed E-state index contributed by atoms with van der Waals surface area (Å²) < 4.78 is 3.38. The Bertz CT molecular complexity index is 571. The summed E-state index contributed by atoms with van der Waals surface area (Å²) in [5.74, 6) is 0. The number of aryl methyl sites for hydroxylation is 1. The molecule has 26 heavy (non-hydrogen) atoms. The van der Waals surface area contributed by atoms with Crippen molar-refractivity contribution in [1.82, 2.24) is 4.57 Å². The fourth-order valence-corrected chi connectivity index (χ4v) is 3.77.